The normalized spacial score (nSPS) is 12.0. The van der Waals surface area contributed by atoms with Gasteiger partial charge in [-0.3, -0.25) is 4.98 Å². The van der Waals surface area contributed by atoms with Gasteiger partial charge in [0.15, 0.2) is 10.7 Å². The van der Waals surface area contributed by atoms with Crippen LogP contribution in [0.15, 0.2) is 39.2 Å². The van der Waals surface area contributed by atoms with E-state index in [1.807, 2.05) is 13.2 Å². The summed E-state index contributed by atoms with van der Waals surface area (Å²) in [6.07, 6.45) is 5.49. The number of hydrogen-bond donors (Lipinski definition) is 1. The fraction of sp³-hybridized carbons (Fsp3) is 0.312. The maximum absolute atomic E-state index is 5.87. The molecule has 0 aromatic carbocycles. The first-order valence-corrected chi connectivity index (χ1v) is 9.15. The van der Waals surface area contributed by atoms with E-state index in [1.165, 1.54) is 0 Å². The summed E-state index contributed by atoms with van der Waals surface area (Å²) in [4.78, 5) is 13.4. The summed E-state index contributed by atoms with van der Waals surface area (Å²) in [5, 5.41) is 2.61. The first-order valence-electron chi connectivity index (χ1n) is 7.11. The van der Waals surface area contributed by atoms with Gasteiger partial charge in [-0.15, -0.1) is 11.8 Å². The zero-order chi connectivity index (χ0) is 16.6. The van der Waals surface area contributed by atoms with Crippen LogP contribution < -0.4 is 5.73 Å². The Kier molecular flexibility index (Phi) is 4.25. The molecule has 120 valence electrons. The number of fused-ring (bicyclic) bond motifs is 1. The zero-order valence-corrected chi connectivity index (χ0v) is 15.1. The number of aryl methyl sites for hydroxylation is 1. The third kappa shape index (κ3) is 3.30. The molecule has 2 N–H and O–H groups in total. The number of anilines is 1. The predicted molar refractivity (Wildman–Crippen MR) is 95.9 cm³/mol. The van der Waals surface area contributed by atoms with Gasteiger partial charge in [0.1, 0.15) is 10.8 Å². The van der Waals surface area contributed by atoms with E-state index in [1.54, 1.807) is 42.1 Å². The third-order valence-electron chi connectivity index (χ3n) is 3.53. The highest BCUT2D eigenvalue weighted by Crippen LogP contribution is 2.40. The van der Waals surface area contributed by atoms with Gasteiger partial charge in [0.05, 0.1) is 22.9 Å². The molecule has 0 bridgehead atoms. The van der Waals surface area contributed by atoms with Gasteiger partial charge < -0.3 is 10.2 Å². The van der Waals surface area contributed by atoms with Crippen LogP contribution in [0.4, 0.5) is 5.82 Å². The minimum absolute atomic E-state index is 0.290. The van der Waals surface area contributed by atoms with Crippen LogP contribution in [0.3, 0.4) is 0 Å². The van der Waals surface area contributed by atoms with E-state index >= 15 is 0 Å². The maximum atomic E-state index is 5.87. The molecule has 0 spiro atoms. The van der Waals surface area contributed by atoms with E-state index in [0.717, 1.165) is 27.3 Å². The molecule has 0 unspecified atom stereocenters. The Balaban J connectivity index is 1.96. The molecule has 0 saturated heterocycles. The number of pyridine rings is 1. The summed E-state index contributed by atoms with van der Waals surface area (Å²) in [7, 11) is 0. The van der Waals surface area contributed by atoms with Crippen LogP contribution in [0, 0.1) is 6.92 Å². The van der Waals surface area contributed by atoms with Gasteiger partial charge in [-0.1, -0.05) is 11.8 Å². The summed E-state index contributed by atoms with van der Waals surface area (Å²) in [6.45, 7) is 6.24. The minimum atomic E-state index is -0.290. The smallest absolute Gasteiger partial charge is 0.191 e. The standard InChI is InChI=1S/C16H18N4OS2/c1-9-8-21-11-7-18-12(5-10(9)11)16(2,3)23-15-19-13(17)6-14(20-15)22-4/h5-8H,1-4H3,(H2,17,19,20). The lowest BCUT2D eigenvalue weighted by Crippen LogP contribution is -2.15. The molecule has 5 nitrogen and oxygen atoms in total. The predicted octanol–water partition coefficient (Wildman–Crippen LogP) is 4.26. The molecule has 0 amide bonds. The van der Waals surface area contributed by atoms with Crippen LogP contribution in [-0.2, 0) is 4.75 Å². The van der Waals surface area contributed by atoms with E-state index in [9.17, 15) is 0 Å². The molecule has 23 heavy (non-hydrogen) atoms. The van der Waals surface area contributed by atoms with Gasteiger partial charge in [-0.25, -0.2) is 9.97 Å². The van der Waals surface area contributed by atoms with Gasteiger partial charge in [-0.05, 0) is 38.7 Å². The molecule has 0 radical (unpaired) electrons. The van der Waals surface area contributed by atoms with Crippen molar-refractivity contribution in [1.82, 2.24) is 15.0 Å². The Labute approximate surface area is 143 Å². The zero-order valence-electron chi connectivity index (χ0n) is 13.5. The summed E-state index contributed by atoms with van der Waals surface area (Å²) in [6, 6.07) is 3.85. The molecule has 3 rings (SSSR count). The molecule has 7 heteroatoms. The highest BCUT2D eigenvalue weighted by atomic mass is 32.2. The number of furan rings is 1. The van der Waals surface area contributed by atoms with Gasteiger partial charge >= 0.3 is 0 Å². The third-order valence-corrected chi connectivity index (χ3v) is 5.24. The number of rotatable bonds is 4. The van der Waals surface area contributed by atoms with Gasteiger partial charge in [0.25, 0.3) is 0 Å². The number of nitrogen functional groups attached to an aromatic ring is 1. The first kappa shape index (κ1) is 16.1. The van der Waals surface area contributed by atoms with Gasteiger partial charge in [0.2, 0.25) is 0 Å². The lowest BCUT2D eigenvalue weighted by Gasteiger charge is -2.22. The first-order chi connectivity index (χ1) is 10.9. The molecule has 0 fully saturated rings. The highest BCUT2D eigenvalue weighted by molar-refractivity contribution is 8.00. The van der Waals surface area contributed by atoms with E-state index < -0.39 is 0 Å². The summed E-state index contributed by atoms with van der Waals surface area (Å²) >= 11 is 3.10. The molecule has 3 aromatic rings. The molecule has 0 aliphatic rings. The van der Waals surface area contributed by atoms with E-state index in [2.05, 4.69) is 34.9 Å². The molecule has 0 atom stereocenters. The van der Waals surface area contributed by atoms with Crippen LogP contribution in [0.25, 0.3) is 11.0 Å². The number of nitrogens with zero attached hydrogens (tertiary/aromatic N) is 3. The van der Waals surface area contributed by atoms with Crippen molar-refractivity contribution < 1.29 is 4.42 Å². The van der Waals surface area contributed by atoms with Crippen LogP contribution in [0.1, 0.15) is 25.1 Å². The second-order valence-electron chi connectivity index (χ2n) is 5.71. The fourth-order valence-electron chi connectivity index (χ4n) is 2.24. The van der Waals surface area contributed by atoms with Crippen LogP contribution in [-0.4, -0.2) is 21.2 Å². The molecule has 0 saturated carbocycles. The topological polar surface area (TPSA) is 77.8 Å². The largest absolute Gasteiger partial charge is 0.462 e. The SMILES string of the molecule is CSc1cc(N)nc(SC(C)(C)c2cc3c(C)coc3cn2)n1. The molecule has 0 aliphatic heterocycles. The van der Waals surface area contributed by atoms with E-state index in [0.29, 0.717) is 11.0 Å². The van der Waals surface area contributed by atoms with Gasteiger partial charge in [0, 0.05) is 11.5 Å². The van der Waals surface area contributed by atoms with Crippen molar-refractivity contribution in [3.63, 3.8) is 0 Å². The monoisotopic (exact) mass is 346 g/mol. The van der Waals surface area contributed by atoms with Gasteiger partial charge in [-0.2, -0.15) is 0 Å². The number of nitrogens with two attached hydrogens (primary N) is 1. The van der Waals surface area contributed by atoms with Crippen LogP contribution >= 0.6 is 23.5 Å². The summed E-state index contributed by atoms with van der Waals surface area (Å²) in [5.41, 5.74) is 8.73. The lowest BCUT2D eigenvalue weighted by atomic mass is 10.1. The van der Waals surface area contributed by atoms with Crippen molar-refractivity contribution in [1.29, 1.82) is 0 Å². The molecular formula is C16H18N4OS2. The van der Waals surface area contributed by atoms with E-state index in [4.69, 9.17) is 10.2 Å². The van der Waals surface area contributed by atoms with E-state index in [-0.39, 0.29) is 4.75 Å². The number of hydrogen-bond acceptors (Lipinski definition) is 7. The Bertz CT molecular complexity index is 860. The molecule has 3 aromatic heterocycles. The second-order valence-corrected chi connectivity index (χ2v) is 8.13. The quantitative estimate of drug-likeness (QED) is 0.429. The summed E-state index contributed by atoms with van der Waals surface area (Å²) in [5.74, 6) is 0.483. The van der Waals surface area contributed by atoms with Crippen LogP contribution in [0.2, 0.25) is 0 Å². The van der Waals surface area contributed by atoms with Crippen molar-refractivity contribution in [2.24, 2.45) is 0 Å². The fourth-order valence-corrected chi connectivity index (χ4v) is 3.68. The average molecular weight is 346 g/mol. The Hall–Kier alpha value is -1.73. The van der Waals surface area contributed by atoms with Crippen molar-refractivity contribution in [3.8, 4) is 0 Å². The number of thioether (sulfide) groups is 2. The Morgan fingerprint density at radius 2 is 2.00 bits per heavy atom. The van der Waals surface area contributed by atoms with Crippen molar-refractivity contribution >= 4 is 40.3 Å². The summed E-state index contributed by atoms with van der Waals surface area (Å²) < 4.78 is 5.18. The maximum Gasteiger partial charge on any atom is 0.191 e. The highest BCUT2D eigenvalue weighted by Gasteiger charge is 2.26. The molecule has 3 heterocycles. The molecule has 0 aliphatic carbocycles. The molecular weight excluding hydrogens is 328 g/mol. The Morgan fingerprint density at radius 3 is 2.74 bits per heavy atom. The lowest BCUT2D eigenvalue weighted by molar-refractivity contribution is 0.610. The number of aromatic nitrogens is 3. The van der Waals surface area contributed by atoms with Crippen LogP contribution in [0.5, 0.6) is 0 Å². The van der Waals surface area contributed by atoms with Crippen molar-refractivity contribution in [3.05, 3.63) is 35.9 Å². The average Bonchev–Trinajstić information content (AvgIpc) is 2.87. The second kappa shape index (κ2) is 6.05. The minimum Gasteiger partial charge on any atom is -0.462 e. The Morgan fingerprint density at radius 1 is 1.22 bits per heavy atom. The van der Waals surface area contributed by atoms with Crippen molar-refractivity contribution in [2.45, 2.75) is 35.7 Å². The van der Waals surface area contributed by atoms with Crippen molar-refractivity contribution in [2.75, 3.05) is 12.0 Å².